The van der Waals surface area contributed by atoms with E-state index in [2.05, 4.69) is 10.6 Å². The van der Waals surface area contributed by atoms with Crippen LogP contribution in [0.2, 0.25) is 5.02 Å². The van der Waals surface area contributed by atoms with Crippen LogP contribution >= 0.6 is 24.0 Å². The summed E-state index contributed by atoms with van der Waals surface area (Å²) in [6.45, 7) is 3.87. The first-order valence-electron chi connectivity index (χ1n) is 7.59. The standard InChI is InChI=1S/C16H24ClN3O3.ClH/c1-3-9-20(16(22)11-18-8-10-23-2)12-15(21)19-14-6-4-13(17)5-7-14;/h4-7,18H,3,8-12H2,1-2H3,(H,19,21);1H. The van der Waals surface area contributed by atoms with Crippen LogP contribution in [0.4, 0.5) is 5.69 Å². The highest BCUT2D eigenvalue weighted by molar-refractivity contribution is 6.30. The smallest absolute Gasteiger partial charge is 0.243 e. The van der Waals surface area contributed by atoms with E-state index in [1.54, 1.807) is 36.3 Å². The number of carbonyl (C=O) groups is 2. The van der Waals surface area contributed by atoms with Crippen molar-refractivity contribution in [3.8, 4) is 0 Å². The molecule has 0 radical (unpaired) electrons. The Kier molecular flexibility index (Phi) is 12.3. The highest BCUT2D eigenvalue weighted by Gasteiger charge is 2.16. The van der Waals surface area contributed by atoms with Gasteiger partial charge in [0.15, 0.2) is 0 Å². The molecular formula is C16H25Cl2N3O3. The van der Waals surface area contributed by atoms with E-state index < -0.39 is 0 Å². The summed E-state index contributed by atoms with van der Waals surface area (Å²) < 4.78 is 4.91. The molecule has 0 aromatic heterocycles. The second kappa shape index (κ2) is 13.0. The predicted octanol–water partition coefficient (Wildman–Crippen LogP) is 2.17. The Morgan fingerprint density at radius 2 is 1.92 bits per heavy atom. The fraction of sp³-hybridized carbons (Fsp3) is 0.500. The molecule has 0 aliphatic rings. The van der Waals surface area contributed by atoms with E-state index >= 15 is 0 Å². The maximum absolute atomic E-state index is 12.2. The number of ether oxygens (including phenoxy) is 1. The van der Waals surface area contributed by atoms with Crippen molar-refractivity contribution in [1.82, 2.24) is 10.2 Å². The van der Waals surface area contributed by atoms with E-state index in [9.17, 15) is 9.59 Å². The summed E-state index contributed by atoms with van der Waals surface area (Å²) in [6.07, 6.45) is 0.790. The Hall–Kier alpha value is -1.34. The van der Waals surface area contributed by atoms with Gasteiger partial charge >= 0.3 is 0 Å². The maximum atomic E-state index is 12.2. The monoisotopic (exact) mass is 377 g/mol. The van der Waals surface area contributed by atoms with Crippen LogP contribution in [-0.4, -0.2) is 56.6 Å². The molecule has 2 N–H and O–H groups in total. The Morgan fingerprint density at radius 3 is 2.50 bits per heavy atom. The third-order valence-corrected chi connectivity index (χ3v) is 3.32. The summed E-state index contributed by atoms with van der Waals surface area (Å²) in [7, 11) is 1.61. The largest absolute Gasteiger partial charge is 0.383 e. The zero-order valence-electron chi connectivity index (χ0n) is 14.0. The van der Waals surface area contributed by atoms with E-state index in [4.69, 9.17) is 16.3 Å². The number of anilines is 1. The summed E-state index contributed by atoms with van der Waals surface area (Å²) in [4.78, 5) is 25.8. The van der Waals surface area contributed by atoms with Crippen LogP contribution in [-0.2, 0) is 14.3 Å². The molecule has 1 aromatic carbocycles. The molecule has 1 aromatic rings. The molecule has 6 nitrogen and oxygen atoms in total. The van der Waals surface area contributed by atoms with Crippen LogP contribution in [0.15, 0.2) is 24.3 Å². The number of carbonyl (C=O) groups excluding carboxylic acids is 2. The highest BCUT2D eigenvalue weighted by Crippen LogP contribution is 2.13. The van der Waals surface area contributed by atoms with Gasteiger partial charge in [-0.1, -0.05) is 18.5 Å². The predicted molar refractivity (Wildman–Crippen MR) is 98.9 cm³/mol. The van der Waals surface area contributed by atoms with Gasteiger partial charge in [-0.15, -0.1) is 12.4 Å². The zero-order valence-corrected chi connectivity index (χ0v) is 15.6. The lowest BCUT2D eigenvalue weighted by molar-refractivity contribution is -0.133. The van der Waals surface area contributed by atoms with Gasteiger partial charge in [0.2, 0.25) is 11.8 Å². The molecule has 2 amide bonds. The number of amides is 2. The Labute approximate surface area is 154 Å². The fourth-order valence-corrected chi connectivity index (χ4v) is 2.08. The summed E-state index contributed by atoms with van der Waals surface area (Å²) >= 11 is 5.80. The molecule has 0 fully saturated rings. The normalized spacial score (nSPS) is 9.96. The van der Waals surface area contributed by atoms with Crippen LogP contribution < -0.4 is 10.6 Å². The molecule has 136 valence electrons. The number of hydrogen-bond acceptors (Lipinski definition) is 4. The van der Waals surface area contributed by atoms with E-state index in [0.717, 1.165) is 6.42 Å². The Balaban J connectivity index is 0.00000529. The van der Waals surface area contributed by atoms with Crippen LogP contribution in [0.25, 0.3) is 0 Å². The van der Waals surface area contributed by atoms with Gasteiger partial charge in [-0.05, 0) is 30.7 Å². The Morgan fingerprint density at radius 1 is 1.25 bits per heavy atom. The van der Waals surface area contributed by atoms with Gasteiger partial charge in [-0.2, -0.15) is 0 Å². The molecule has 0 saturated carbocycles. The van der Waals surface area contributed by atoms with Crippen molar-refractivity contribution >= 4 is 41.5 Å². The van der Waals surface area contributed by atoms with Crippen molar-refractivity contribution in [1.29, 1.82) is 0 Å². The van der Waals surface area contributed by atoms with Crippen molar-refractivity contribution in [2.45, 2.75) is 13.3 Å². The molecule has 0 atom stereocenters. The number of nitrogens with zero attached hydrogens (tertiary/aromatic N) is 1. The summed E-state index contributed by atoms with van der Waals surface area (Å²) in [5.41, 5.74) is 0.654. The lowest BCUT2D eigenvalue weighted by atomic mass is 10.3. The van der Waals surface area contributed by atoms with E-state index in [-0.39, 0.29) is 37.3 Å². The third-order valence-electron chi connectivity index (χ3n) is 3.07. The number of halogens is 2. The number of nitrogens with one attached hydrogen (secondary N) is 2. The highest BCUT2D eigenvalue weighted by atomic mass is 35.5. The summed E-state index contributed by atoms with van der Waals surface area (Å²) in [5, 5.41) is 6.35. The molecule has 24 heavy (non-hydrogen) atoms. The third kappa shape index (κ3) is 9.08. The molecule has 8 heteroatoms. The average molecular weight is 378 g/mol. The number of hydrogen-bond donors (Lipinski definition) is 2. The second-order valence-corrected chi connectivity index (χ2v) is 5.48. The minimum absolute atomic E-state index is 0. The van der Waals surface area contributed by atoms with Gasteiger partial charge in [0.1, 0.15) is 0 Å². The molecule has 0 aliphatic carbocycles. The molecular weight excluding hydrogens is 353 g/mol. The topological polar surface area (TPSA) is 70.7 Å². The van der Waals surface area contributed by atoms with Gasteiger partial charge in [-0.25, -0.2) is 0 Å². The first-order valence-corrected chi connectivity index (χ1v) is 7.97. The minimum atomic E-state index is -0.231. The van der Waals surface area contributed by atoms with Crippen molar-refractivity contribution in [3.63, 3.8) is 0 Å². The van der Waals surface area contributed by atoms with Gasteiger partial charge < -0.3 is 20.3 Å². The summed E-state index contributed by atoms with van der Waals surface area (Å²) in [6, 6.07) is 6.84. The van der Waals surface area contributed by atoms with Crippen LogP contribution in [0.5, 0.6) is 0 Å². The minimum Gasteiger partial charge on any atom is -0.383 e. The zero-order chi connectivity index (χ0) is 17.1. The van der Waals surface area contributed by atoms with Gasteiger partial charge in [0, 0.05) is 30.9 Å². The van der Waals surface area contributed by atoms with E-state index in [1.807, 2.05) is 6.92 Å². The van der Waals surface area contributed by atoms with E-state index in [1.165, 1.54) is 0 Å². The quantitative estimate of drug-likeness (QED) is 0.613. The van der Waals surface area contributed by atoms with Gasteiger partial charge in [0.05, 0.1) is 19.7 Å². The van der Waals surface area contributed by atoms with Gasteiger partial charge in [0.25, 0.3) is 0 Å². The second-order valence-electron chi connectivity index (χ2n) is 5.04. The van der Waals surface area contributed by atoms with E-state index in [0.29, 0.717) is 30.4 Å². The Bertz CT molecular complexity index is 498. The molecule has 0 bridgehead atoms. The molecule has 0 aliphatic heterocycles. The van der Waals surface area contributed by atoms with Crippen molar-refractivity contribution in [3.05, 3.63) is 29.3 Å². The lowest BCUT2D eigenvalue weighted by Crippen LogP contribution is -2.43. The molecule has 0 unspecified atom stereocenters. The van der Waals surface area contributed by atoms with Crippen molar-refractivity contribution < 1.29 is 14.3 Å². The average Bonchev–Trinajstić information content (AvgIpc) is 2.53. The van der Waals surface area contributed by atoms with Gasteiger partial charge in [-0.3, -0.25) is 9.59 Å². The first kappa shape index (κ1) is 22.7. The van der Waals surface area contributed by atoms with Crippen molar-refractivity contribution in [2.75, 3.05) is 45.2 Å². The number of benzene rings is 1. The number of rotatable bonds is 10. The summed E-state index contributed by atoms with van der Waals surface area (Å²) in [5.74, 6) is -0.333. The maximum Gasteiger partial charge on any atom is 0.243 e. The molecule has 0 spiro atoms. The van der Waals surface area contributed by atoms with Crippen LogP contribution in [0.1, 0.15) is 13.3 Å². The lowest BCUT2D eigenvalue weighted by Gasteiger charge is -2.22. The van der Waals surface area contributed by atoms with Crippen LogP contribution in [0, 0.1) is 0 Å². The first-order chi connectivity index (χ1) is 11.1. The molecule has 1 rings (SSSR count). The van der Waals surface area contributed by atoms with Crippen molar-refractivity contribution in [2.24, 2.45) is 0 Å². The molecule has 0 saturated heterocycles. The number of methoxy groups -OCH3 is 1. The van der Waals surface area contributed by atoms with Crippen LogP contribution in [0.3, 0.4) is 0 Å². The fourth-order valence-electron chi connectivity index (χ4n) is 1.95. The molecule has 0 heterocycles. The SMILES string of the molecule is CCCN(CC(=O)Nc1ccc(Cl)cc1)C(=O)CNCCOC.Cl.